The summed E-state index contributed by atoms with van der Waals surface area (Å²) in [6.45, 7) is 15.8. The molecule has 0 unspecified atom stereocenters. The lowest BCUT2D eigenvalue weighted by Gasteiger charge is -2.30. The Kier molecular flexibility index (Phi) is 10.4. The zero-order chi connectivity index (χ0) is 26.4. The Balaban J connectivity index is 2.05. The van der Waals surface area contributed by atoms with E-state index < -0.39 is 0 Å². The van der Waals surface area contributed by atoms with Crippen LogP contribution in [-0.4, -0.2) is 17.6 Å². The van der Waals surface area contributed by atoms with Crippen LogP contribution in [0.3, 0.4) is 0 Å². The van der Waals surface area contributed by atoms with Gasteiger partial charge >= 0.3 is 0 Å². The van der Waals surface area contributed by atoms with Crippen molar-refractivity contribution in [2.75, 3.05) is 11.9 Å². The molecule has 1 amide bonds. The van der Waals surface area contributed by atoms with Gasteiger partial charge in [-0.15, -0.1) is 0 Å². The summed E-state index contributed by atoms with van der Waals surface area (Å²) in [5.74, 6) is 0.495. The van der Waals surface area contributed by atoms with E-state index in [0.717, 1.165) is 25.0 Å². The fraction of sp³-hybridized carbons (Fsp3) is 0.552. The first-order valence-corrected chi connectivity index (χ1v) is 13.4. The number of nitrogens with one attached hydrogen (secondary N) is 1. The van der Waals surface area contributed by atoms with Crippen LogP contribution in [0.25, 0.3) is 0 Å². The first-order chi connectivity index (χ1) is 16.4. The van der Waals surface area contributed by atoms with Crippen LogP contribution in [0.5, 0.6) is 11.5 Å². The molecule has 4 nitrogen and oxygen atoms in total. The summed E-state index contributed by atoms with van der Waals surface area (Å²) in [6, 6.07) is 8.06. The predicted molar refractivity (Wildman–Crippen MR) is 149 cm³/mol. The van der Waals surface area contributed by atoms with Crippen LogP contribution in [0.15, 0.2) is 24.3 Å². The van der Waals surface area contributed by atoms with Gasteiger partial charge in [-0.1, -0.05) is 90.2 Å². The number of phenols is 1. The summed E-state index contributed by atoms with van der Waals surface area (Å²) in [6.07, 6.45) is 4.34. The Bertz CT molecular complexity index is 1030. The summed E-state index contributed by atoms with van der Waals surface area (Å²) in [7, 11) is 0. The molecule has 0 fully saturated rings. The third-order valence-corrected chi connectivity index (χ3v) is 7.87. The molecule has 6 heteroatoms. The lowest BCUT2D eigenvalue weighted by Crippen LogP contribution is -2.21. The first-order valence-electron chi connectivity index (χ1n) is 12.6. The number of hydrogen-bond donors (Lipinski definition) is 2. The fourth-order valence-corrected chi connectivity index (χ4v) is 4.50. The summed E-state index contributed by atoms with van der Waals surface area (Å²) in [5.41, 5.74) is 3.51. The molecule has 0 aliphatic rings. The first kappa shape index (κ1) is 29.3. The van der Waals surface area contributed by atoms with E-state index in [9.17, 15) is 9.90 Å². The highest BCUT2D eigenvalue weighted by molar-refractivity contribution is 6.37. The number of ether oxygens (including phenoxy) is 1. The van der Waals surface area contributed by atoms with Crippen LogP contribution in [0.4, 0.5) is 5.69 Å². The van der Waals surface area contributed by atoms with Crippen molar-refractivity contribution in [3.63, 3.8) is 0 Å². The third kappa shape index (κ3) is 7.30. The maximum atomic E-state index is 12.5. The topological polar surface area (TPSA) is 58.6 Å². The van der Waals surface area contributed by atoms with Gasteiger partial charge in [-0.3, -0.25) is 4.79 Å². The zero-order valence-electron chi connectivity index (χ0n) is 22.3. The SMILES string of the molecule is CCCc1c(Cl)cc(NC(=O)CCCOc2ccc(C(C)(C)CC)cc2C(C)(C)CC)c(O)c1Cl. The molecule has 194 valence electrons. The largest absolute Gasteiger partial charge is 0.504 e. The third-order valence-electron chi connectivity index (χ3n) is 7.13. The Labute approximate surface area is 221 Å². The van der Waals surface area contributed by atoms with Crippen molar-refractivity contribution in [1.29, 1.82) is 0 Å². The number of hydrogen-bond acceptors (Lipinski definition) is 3. The van der Waals surface area contributed by atoms with Gasteiger partial charge in [0.1, 0.15) is 5.75 Å². The minimum atomic E-state index is -0.228. The second-order valence-corrected chi connectivity index (χ2v) is 11.3. The number of halogens is 2. The monoisotopic (exact) mass is 521 g/mol. The summed E-state index contributed by atoms with van der Waals surface area (Å²) >= 11 is 12.6. The number of anilines is 1. The molecule has 2 N–H and O–H groups in total. The van der Waals surface area contributed by atoms with Gasteiger partial charge in [0.15, 0.2) is 5.75 Å². The van der Waals surface area contributed by atoms with Crippen LogP contribution in [-0.2, 0) is 22.0 Å². The zero-order valence-corrected chi connectivity index (χ0v) is 23.8. The number of aromatic hydroxyl groups is 1. The molecule has 0 saturated carbocycles. The Morgan fingerprint density at radius 3 is 2.29 bits per heavy atom. The number of benzene rings is 2. The highest BCUT2D eigenvalue weighted by atomic mass is 35.5. The van der Waals surface area contributed by atoms with Crippen molar-refractivity contribution in [2.45, 2.75) is 97.8 Å². The molecule has 0 atom stereocenters. The van der Waals surface area contributed by atoms with E-state index in [1.54, 1.807) is 6.07 Å². The number of amides is 1. The van der Waals surface area contributed by atoms with Crippen LogP contribution in [0.1, 0.15) is 97.3 Å². The van der Waals surface area contributed by atoms with Gasteiger partial charge in [-0.05, 0) is 59.8 Å². The quantitative estimate of drug-likeness (QED) is 0.216. The lowest BCUT2D eigenvalue weighted by atomic mass is 9.76. The van der Waals surface area contributed by atoms with Crippen LogP contribution in [0, 0.1) is 0 Å². The molecular weight excluding hydrogens is 481 g/mol. The average molecular weight is 523 g/mol. The van der Waals surface area contributed by atoms with Gasteiger partial charge in [-0.25, -0.2) is 0 Å². The van der Waals surface area contributed by atoms with Crippen molar-refractivity contribution >= 4 is 34.8 Å². The molecule has 0 aliphatic heterocycles. The van der Waals surface area contributed by atoms with E-state index in [0.29, 0.717) is 30.0 Å². The van der Waals surface area contributed by atoms with Crippen molar-refractivity contribution in [3.8, 4) is 11.5 Å². The molecule has 0 radical (unpaired) electrons. The Hall–Kier alpha value is -1.91. The maximum Gasteiger partial charge on any atom is 0.224 e. The normalized spacial score (nSPS) is 12.0. The fourth-order valence-electron chi connectivity index (χ4n) is 3.85. The number of rotatable bonds is 12. The smallest absolute Gasteiger partial charge is 0.224 e. The molecule has 0 heterocycles. The van der Waals surface area contributed by atoms with Crippen molar-refractivity contribution in [3.05, 3.63) is 51.0 Å². The van der Waals surface area contributed by atoms with Crippen LogP contribution < -0.4 is 10.1 Å². The standard InChI is InChI=1S/C29H41Cl2NO3/c1-8-12-20-22(30)18-23(27(34)26(20)31)32-25(33)13-11-16-35-24-15-14-19(28(4,5)9-2)17-21(24)29(6,7)10-3/h14-15,17-18,34H,8-13,16H2,1-7H3,(H,32,33). The van der Waals surface area contributed by atoms with E-state index in [1.165, 1.54) is 11.1 Å². The molecular formula is C29H41Cl2NO3. The molecule has 2 rings (SSSR count). The van der Waals surface area contributed by atoms with E-state index >= 15 is 0 Å². The predicted octanol–water partition coefficient (Wildman–Crippen LogP) is 8.82. The van der Waals surface area contributed by atoms with Gasteiger partial charge in [-0.2, -0.15) is 0 Å². The van der Waals surface area contributed by atoms with E-state index in [2.05, 4.69) is 65.1 Å². The molecule has 0 saturated heterocycles. The average Bonchev–Trinajstić information content (AvgIpc) is 2.82. The highest BCUT2D eigenvalue weighted by Crippen LogP contribution is 2.40. The molecule has 0 spiro atoms. The molecule has 35 heavy (non-hydrogen) atoms. The second kappa shape index (κ2) is 12.4. The molecule has 2 aromatic carbocycles. The molecule has 2 aromatic rings. The van der Waals surface area contributed by atoms with Gasteiger partial charge in [0.2, 0.25) is 5.91 Å². The summed E-state index contributed by atoms with van der Waals surface area (Å²) < 4.78 is 6.16. The molecule has 0 aliphatic carbocycles. The highest BCUT2D eigenvalue weighted by Gasteiger charge is 2.26. The van der Waals surface area contributed by atoms with E-state index in [1.807, 2.05) is 6.92 Å². The number of carbonyl (C=O) groups excluding carboxylic acids is 1. The van der Waals surface area contributed by atoms with Gasteiger partial charge < -0.3 is 15.2 Å². The van der Waals surface area contributed by atoms with Crippen molar-refractivity contribution in [1.82, 2.24) is 0 Å². The number of phenolic OH excluding ortho intramolecular Hbond substituents is 1. The second-order valence-electron chi connectivity index (χ2n) is 10.5. The molecule has 0 aromatic heterocycles. The Morgan fingerprint density at radius 2 is 1.69 bits per heavy atom. The minimum Gasteiger partial charge on any atom is -0.504 e. The van der Waals surface area contributed by atoms with Gasteiger partial charge in [0, 0.05) is 17.0 Å². The van der Waals surface area contributed by atoms with Crippen LogP contribution >= 0.6 is 23.2 Å². The van der Waals surface area contributed by atoms with Crippen molar-refractivity contribution < 1.29 is 14.6 Å². The summed E-state index contributed by atoms with van der Waals surface area (Å²) in [5, 5.41) is 13.8. The maximum absolute atomic E-state index is 12.5. The van der Waals surface area contributed by atoms with Crippen LogP contribution in [0.2, 0.25) is 10.0 Å². The molecule has 0 bridgehead atoms. The number of carbonyl (C=O) groups is 1. The summed E-state index contributed by atoms with van der Waals surface area (Å²) in [4.78, 5) is 12.5. The van der Waals surface area contributed by atoms with Crippen molar-refractivity contribution in [2.24, 2.45) is 0 Å². The van der Waals surface area contributed by atoms with Gasteiger partial charge in [0.05, 0.1) is 17.3 Å². The van der Waals surface area contributed by atoms with E-state index in [-0.39, 0.29) is 39.6 Å². The van der Waals surface area contributed by atoms with Gasteiger partial charge in [0.25, 0.3) is 0 Å². The Morgan fingerprint density at radius 1 is 1.03 bits per heavy atom. The lowest BCUT2D eigenvalue weighted by molar-refractivity contribution is -0.116. The minimum absolute atomic E-state index is 0.0213. The van der Waals surface area contributed by atoms with E-state index in [4.69, 9.17) is 27.9 Å².